The number of nitrogens with one attached hydrogen (secondary N) is 1. The number of amides is 1. The molecular weight excluding hydrogens is 440 g/mol. The minimum absolute atomic E-state index is 0.0112. The number of rotatable bonds is 5. The molecule has 0 radical (unpaired) electrons. The van der Waals surface area contributed by atoms with Gasteiger partial charge in [0.05, 0.1) is 18.1 Å². The van der Waals surface area contributed by atoms with Crippen LogP contribution in [0.5, 0.6) is 23.0 Å². The van der Waals surface area contributed by atoms with Crippen molar-refractivity contribution >= 4 is 15.9 Å². The van der Waals surface area contributed by atoms with Crippen LogP contribution in [-0.4, -0.2) is 65.0 Å². The Morgan fingerprint density at radius 3 is 2.56 bits per heavy atom. The highest BCUT2D eigenvalue weighted by Crippen LogP contribution is 2.35. The number of carbonyl (C=O) groups excluding carboxylic acids is 1. The summed E-state index contributed by atoms with van der Waals surface area (Å²) in [6.45, 7) is 2.27. The third kappa shape index (κ3) is 4.18. The van der Waals surface area contributed by atoms with E-state index < -0.39 is 16.1 Å². The van der Waals surface area contributed by atoms with Crippen molar-refractivity contribution in [2.45, 2.75) is 17.5 Å². The normalized spacial score (nSPS) is 19.6. The molecule has 1 unspecified atom stereocenters. The lowest BCUT2D eigenvalue weighted by molar-refractivity contribution is -0.145. The van der Waals surface area contributed by atoms with E-state index in [1.54, 1.807) is 23.1 Å². The molecule has 1 fully saturated rings. The Morgan fingerprint density at radius 2 is 1.72 bits per heavy atom. The number of morpholine rings is 1. The number of hydrogen-bond donors (Lipinski definition) is 1. The largest absolute Gasteiger partial charge is 0.485 e. The van der Waals surface area contributed by atoms with Crippen molar-refractivity contribution in [2.75, 3.05) is 39.7 Å². The summed E-state index contributed by atoms with van der Waals surface area (Å²) in [6.07, 6.45) is -0.771. The molecular formula is C21H22N2O8S. The fraction of sp³-hybridized carbons (Fsp3) is 0.381. The van der Waals surface area contributed by atoms with Gasteiger partial charge in [0.15, 0.2) is 23.0 Å². The summed E-state index contributed by atoms with van der Waals surface area (Å²) in [5.41, 5.74) is 0.736. The van der Waals surface area contributed by atoms with E-state index in [2.05, 4.69) is 4.72 Å². The molecule has 1 amide bonds. The summed E-state index contributed by atoms with van der Waals surface area (Å²) < 4.78 is 55.4. The van der Waals surface area contributed by atoms with E-state index in [1.807, 2.05) is 0 Å². The highest BCUT2D eigenvalue weighted by molar-refractivity contribution is 7.89. The number of carbonyl (C=O) groups is 1. The Labute approximate surface area is 185 Å². The molecule has 11 heteroatoms. The summed E-state index contributed by atoms with van der Waals surface area (Å²) in [5, 5.41) is 0. The first-order valence-corrected chi connectivity index (χ1v) is 11.7. The van der Waals surface area contributed by atoms with Gasteiger partial charge in [0.1, 0.15) is 6.61 Å². The van der Waals surface area contributed by atoms with Crippen LogP contribution in [0.3, 0.4) is 0 Å². The maximum Gasteiger partial charge on any atom is 0.267 e. The Bertz CT molecular complexity index is 1130. The van der Waals surface area contributed by atoms with Crippen LogP contribution in [0.4, 0.5) is 0 Å². The molecule has 1 atom stereocenters. The molecule has 0 spiro atoms. The van der Waals surface area contributed by atoms with Gasteiger partial charge in [0.2, 0.25) is 22.9 Å². The van der Waals surface area contributed by atoms with Crippen LogP contribution in [0.25, 0.3) is 0 Å². The summed E-state index contributed by atoms with van der Waals surface area (Å²) in [4.78, 5) is 14.3. The van der Waals surface area contributed by atoms with Crippen molar-refractivity contribution in [1.29, 1.82) is 0 Å². The molecule has 2 aromatic rings. The molecule has 1 N–H and O–H groups in total. The lowest BCUT2D eigenvalue weighted by Crippen LogP contribution is -2.50. The molecule has 0 saturated carbocycles. The van der Waals surface area contributed by atoms with Crippen LogP contribution in [0, 0.1) is 0 Å². The lowest BCUT2D eigenvalue weighted by Gasteiger charge is -2.32. The Balaban J connectivity index is 1.25. The van der Waals surface area contributed by atoms with E-state index in [9.17, 15) is 13.2 Å². The van der Waals surface area contributed by atoms with Gasteiger partial charge in [-0.1, -0.05) is 6.07 Å². The third-order valence-electron chi connectivity index (χ3n) is 5.39. The van der Waals surface area contributed by atoms with Crippen LogP contribution in [-0.2, 0) is 26.1 Å². The Morgan fingerprint density at radius 1 is 0.969 bits per heavy atom. The SMILES string of the molecule is O=C(C1COc2cc(S(=O)(=O)NCc3ccc4c(c3)OCO4)ccc2O1)N1CCOCC1. The quantitative estimate of drug-likeness (QED) is 0.697. The fourth-order valence-corrected chi connectivity index (χ4v) is 4.67. The molecule has 0 bridgehead atoms. The maximum absolute atomic E-state index is 12.8. The van der Waals surface area contributed by atoms with Crippen LogP contribution < -0.4 is 23.7 Å². The van der Waals surface area contributed by atoms with Crippen molar-refractivity contribution in [2.24, 2.45) is 0 Å². The van der Waals surface area contributed by atoms with E-state index in [-0.39, 0.29) is 36.5 Å². The number of nitrogens with zero attached hydrogens (tertiary/aromatic N) is 1. The second-order valence-electron chi connectivity index (χ2n) is 7.48. The first-order chi connectivity index (χ1) is 15.5. The summed E-state index contributed by atoms with van der Waals surface area (Å²) in [5.74, 6) is 1.66. The zero-order valence-electron chi connectivity index (χ0n) is 17.1. The maximum atomic E-state index is 12.8. The van der Waals surface area contributed by atoms with Crippen molar-refractivity contribution < 1.29 is 36.9 Å². The Hall–Kier alpha value is -3.02. The second kappa shape index (κ2) is 8.49. The van der Waals surface area contributed by atoms with Gasteiger partial charge in [0, 0.05) is 25.7 Å². The smallest absolute Gasteiger partial charge is 0.267 e. The molecule has 3 heterocycles. The standard InChI is InChI=1S/C21H22N2O8S/c24-21(23-5-7-27-8-6-23)20-12-28-19-10-15(2-4-17(19)31-20)32(25,26)22-11-14-1-3-16-18(9-14)30-13-29-16/h1-4,9-10,20,22H,5-8,11-13H2. The van der Waals surface area contributed by atoms with Crippen molar-refractivity contribution in [3.05, 3.63) is 42.0 Å². The van der Waals surface area contributed by atoms with Gasteiger partial charge in [0.25, 0.3) is 5.91 Å². The molecule has 0 aliphatic carbocycles. The predicted molar refractivity (Wildman–Crippen MR) is 110 cm³/mol. The fourth-order valence-electron chi connectivity index (χ4n) is 3.64. The summed E-state index contributed by atoms with van der Waals surface area (Å²) in [6, 6.07) is 9.57. The molecule has 3 aliphatic heterocycles. The number of sulfonamides is 1. The monoisotopic (exact) mass is 462 g/mol. The topological polar surface area (TPSA) is 113 Å². The van der Waals surface area contributed by atoms with Gasteiger partial charge in [-0.2, -0.15) is 0 Å². The van der Waals surface area contributed by atoms with Gasteiger partial charge in [-0.05, 0) is 29.8 Å². The van der Waals surface area contributed by atoms with E-state index in [0.717, 1.165) is 5.56 Å². The minimum Gasteiger partial charge on any atom is -0.485 e. The van der Waals surface area contributed by atoms with Gasteiger partial charge in [-0.25, -0.2) is 13.1 Å². The van der Waals surface area contributed by atoms with Crippen molar-refractivity contribution in [3.8, 4) is 23.0 Å². The van der Waals surface area contributed by atoms with Crippen molar-refractivity contribution in [3.63, 3.8) is 0 Å². The van der Waals surface area contributed by atoms with Crippen molar-refractivity contribution in [1.82, 2.24) is 9.62 Å². The van der Waals surface area contributed by atoms with Gasteiger partial charge >= 0.3 is 0 Å². The molecule has 3 aliphatic rings. The van der Waals surface area contributed by atoms with Crippen LogP contribution >= 0.6 is 0 Å². The number of ether oxygens (including phenoxy) is 5. The first-order valence-electron chi connectivity index (χ1n) is 10.2. The summed E-state index contributed by atoms with van der Waals surface area (Å²) >= 11 is 0. The lowest BCUT2D eigenvalue weighted by atomic mass is 10.2. The predicted octanol–water partition coefficient (Wildman–Crippen LogP) is 0.892. The van der Waals surface area contributed by atoms with Crippen LogP contribution in [0.15, 0.2) is 41.3 Å². The minimum atomic E-state index is -3.80. The van der Waals surface area contributed by atoms with E-state index in [4.69, 9.17) is 23.7 Å². The van der Waals surface area contributed by atoms with Gasteiger partial charge in [-0.15, -0.1) is 0 Å². The van der Waals surface area contributed by atoms with E-state index in [1.165, 1.54) is 18.2 Å². The van der Waals surface area contributed by atoms with E-state index in [0.29, 0.717) is 43.6 Å². The average Bonchev–Trinajstić information content (AvgIpc) is 3.30. The highest BCUT2D eigenvalue weighted by atomic mass is 32.2. The van der Waals surface area contributed by atoms with Crippen LogP contribution in [0.2, 0.25) is 0 Å². The second-order valence-corrected chi connectivity index (χ2v) is 9.24. The molecule has 5 rings (SSSR count). The molecule has 32 heavy (non-hydrogen) atoms. The molecule has 170 valence electrons. The highest BCUT2D eigenvalue weighted by Gasteiger charge is 2.32. The molecule has 0 aromatic heterocycles. The van der Waals surface area contributed by atoms with Crippen LogP contribution in [0.1, 0.15) is 5.56 Å². The summed E-state index contributed by atoms with van der Waals surface area (Å²) in [7, 11) is -3.80. The Kier molecular flexibility index (Phi) is 5.53. The number of benzene rings is 2. The first kappa shape index (κ1) is 20.9. The van der Waals surface area contributed by atoms with Gasteiger partial charge < -0.3 is 28.6 Å². The molecule has 10 nitrogen and oxygen atoms in total. The molecule has 1 saturated heterocycles. The average molecular weight is 462 g/mol. The number of hydrogen-bond acceptors (Lipinski definition) is 8. The zero-order chi connectivity index (χ0) is 22.1. The van der Waals surface area contributed by atoms with E-state index >= 15 is 0 Å². The van der Waals surface area contributed by atoms with Gasteiger partial charge in [-0.3, -0.25) is 4.79 Å². The third-order valence-corrected chi connectivity index (χ3v) is 6.79. The molecule has 2 aromatic carbocycles. The number of fused-ring (bicyclic) bond motifs is 2. The zero-order valence-corrected chi connectivity index (χ0v) is 17.9.